The second-order valence-electron chi connectivity index (χ2n) is 6.60. The summed E-state index contributed by atoms with van der Waals surface area (Å²) in [6.07, 6.45) is -4.46. The van der Waals surface area contributed by atoms with Crippen molar-refractivity contribution in [3.05, 3.63) is 80.6 Å². The van der Waals surface area contributed by atoms with E-state index in [1.165, 1.54) is 29.9 Å². The number of aromatic nitrogens is 1. The lowest BCUT2D eigenvalue weighted by Crippen LogP contribution is -2.30. The summed E-state index contributed by atoms with van der Waals surface area (Å²) < 4.78 is 45.3. The zero-order valence-electron chi connectivity index (χ0n) is 15.9. The molecule has 0 saturated heterocycles. The molecule has 2 aromatic carbocycles. The van der Waals surface area contributed by atoms with Crippen LogP contribution in [-0.4, -0.2) is 17.6 Å². The number of methoxy groups -OCH3 is 1. The SMILES string of the molecule is COC(=O)Cn1c(=O)c(CNCc2ccccc2C(F)(F)F)cc2ccc(Cl)cc21. The molecule has 0 aliphatic rings. The number of carbonyl (C=O) groups excluding carboxylic acids is 1. The molecule has 9 heteroatoms. The largest absolute Gasteiger partial charge is 0.468 e. The van der Waals surface area contributed by atoms with Crippen LogP contribution in [-0.2, 0) is 35.3 Å². The van der Waals surface area contributed by atoms with Crippen LogP contribution in [0, 0.1) is 0 Å². The standard InChI is InChI=1S/C21H18ClF3N2O3/c1-30-19(28)12-27-18-9-16(22)7-6-13(18)8-15(20(27)29)11-26-10-14-4-2-3-5-17(14)21(23,24)25/h2-9,26H,10-12H2,1H3. The van der Waals surface area contributed by atoms with Gasteiger partial charge in [0.15, 0.2) is 0 Å². The minimum atomic E-state index is -4.46. The molecule has 0 bridgehead atoms. The van der Waals surface area contributed by atoms with Crippen molar-refractivity contribution in [1.29, 1.82) is 0 Å². The van der Waals surface area contributed by atoms with Gasteiger partial charge in [0.1, 0.15) is 6.54 Å². The quantitative estimate of drug-likeness (QED) is 0.588. The van der Waals surface area contributed by atoms with Crippen molar-refractivity contribution < 1.29 is 22.7 Å². The molecule has 5 nitrogen and oxygen atoms in total. The van der Waals surface area contributed by atoms with E-state index in [9.17, 15) is 22.8 Å². The van der Waals surface area contributed by atoms with E-state index in [0.29, 0.717) is 21.5 Å². The first-order chi connectivity index (χ1) is 14.2. The average molecular weight is 439 g/mol. The highest BCUT2D eigenvalue weighted by Crippen LogP contribution is 2.31. The summed E-state index contributed by atoms with van der Waals surface area (Å²) >= 11 is 6.02. The number of alkyl halides is 3. The predicted molar refractivity (Wildman–Crippen MR) is 107 cm³/mol. The number of nitrogens with zero attached hydrogens (tertiary/aromatic N) is 1. The molecule has 1 aromatic heterocycles. The average Bonchev–Trinajstić information content (AvgIpc) is 2.70. The molecule has 0 unspecified atom stereocenters. The van der Waals surface area contributed by atoms with E-state index >= 15 is 0 Å². The van der Waals surface area contributed by atoms with Gasteiger partial charge in [-0.3, -0.25) is 14.2 Å². The number of halogens is 4. The number of carbonyl (C=O) groups is 1. The Balaban J connectivity index is 1.90. The molecule has 30 heavy (non-hydrogen) atoms. The van der Waals surface area contributed by atoms with Gasteiger partial charge >= 0.3 is 12.1 Å². The van der Waals surface area contributed by atoms with Crippen LogP contribution in [0.2, 0.25) is 5.02 Å². The van der Waals surface area contributed by atoms with Crippen LogP contribution in [0.3, 0.4) is 0 Å². The van der Waals surface area contributed by atoms with E-state index in [2.05, 4.69) is 10.1 Å². The number of esters is 1. The Morgan fingerprint density at radius 3 is 2.50 bits per heavy atom. The normalized spacial score (nSPS) is 11.6. The van der Waals surface area contributed by atoms with Crippen molar-refractivity contribution in [3.63, 3.8) is 0 Å². The second-order valence-corrected chi connectivity index (χ2v) is 7.04. The molecule has 0 amide bonds. The Bertz CT molecular complexity index is 1140. The molecule has 3 rings (SSSR count). The summed E-state index contributed by atoms with van der Waals surface area (Å²) in [7, 11) is 1.21. The van der Waals surface area contributed by atoms with Crippen LogP contribution in [0.1, 0.15) is 16.7 Å². The zero-order chi connectivity index (χ0) is 21.9. The molecule has 0 atom stereocenters. The van der Waals surface area contributed by atoms with Gasteiger partial charge in [-0.2, -0.15) is 13.2 Å². The third-order valence-electron chi connectivity index (χ3n) is 4.60. The molecule has 0 spiro atoms. The summed E-state index contributed by atoms with van der Waals surface area (Å²) in [5.74, 6) is -0.609. The van der Waals surface area contributed by atoms with Gasteiger partial charge in [0.05, 0.1) is 18.2 Å². The van der Waals surface area contributed by atoms with Gasteiger partial charge in [0.2, 0.25) is 0 Å². The lowest BCUT2D eigenvalue weighted by molar-refractivity contribution is -0.141. The van der Waals surface area contributed by atoms with E-state index in [1.54, 1.807) is 24.3 Å². The van der Waals surface area contributed by atoms with Gasteiger partial charge < -0.3 is 10.1 Å². The first-order valence-corrected chi connectivity index (χ1v) is 9.33. The summed E-state index contributed by atoms with van der Waals surface area (Å²) in [5, 5.41) is 3.95. The number of hydrogen-bond donors (Lipinski definition) is 1. The molecular formula is C21H18ClF3N2O3. The highest BCUT2D eigenvalue weighted by atomic mass is 35.5. The molecule has 0 aliphatic heterocycles. The maximum absolute atomic E-state index is 13.1. The van der Waals surface area contributed by atoms with Crippen molar-refractivity contribution >= 4 is 28.5 Å². The van der Waals surface area contributed by atoms with Crippen LogP contribution in [0.25, 0.3) is 10.9 Å². The van der Waals surface area contributed by atoms with E-state index in [-0.39, 0.29) is 25.2 Å². The monoisotopic (exact) mass is 438 g/mol. The molecular weight excluding hydrogens is 421 g/mol. The number of fused-ring (bicyclic) bond motifs is 1. The van der Waals surface area contributed by atoms with Gasteiger partial charge in [0, 0.05) is 23.7 Å². The van der Waals surface area contributed by atoms with Crippen molar-refractivity contribution in [3.8, 4) is 0 Å². The highest BCUT2D eigenvalue weighted by Gasteiger charge is 2.32. The van der Waals surface area contributed by atoms with Gasteiger partial charge in [-0.25, -0.2) is 0 Å². The minimum Gasteiger partial charge on any atom is -0.468 e. The summed E-state index contributed by atoms with van der Waals surface area (Å²) in [6.45, 7) is -0.369. The van der Waals surface area contributed by atoms with E-state index in [4.69, 9.17) is 11.6 Å². The third kappa shape index (κ3) is 4.83. The Morgan fingerprint density at radius 2 is 1.80 bits per heavy atom. The fourth-order valence-electron chi connectivity index (χ4n) is 3.16. The molecule has 3 aromatic rings. The molecule has 0 radical (unpaired) electrons. The van der Waals surface area contributed by atoms with Gasteiger partial charge in [-0.05, 0) is 35.2 Å². The second kappa shape index (κ2) is 8.89. The lowest BCUT2D eigenvalue weighted by atomic mass is 10.1. The Morgan fingerprint density at radius 1 is 1.10 bits per heavy atom. The zero-order valence-corrected chi connectivity index (χ0v) is 16.7. The topological polar surface area (TPSA) is 60.3 Å². The summed E-state index contributed by atoms with van der Waals surface area (Å²) in [5.41, 5.74) is -0.338. The van der Waals surface area contributed by atoms with Gasteiger partial charge in [-0.1, -0.05) is 35.9 Å². The number of rotatable bonds is 6. The fourth-order valence-corrected chi connectivity index (χ4v) is 3.33. The lowest BCUT2D eigenvalue weighted by Gasteiger charge is -2.15. The van der Waals surface area contributed by atoms with Crippen molar-refractivity contribution in [2.45, 2.75) is 25.8 Å². The number of benzene rings is 2. The van der Waals surface area contributed by atoms with Crippen molar-refractivity contribution in [2.75, 3.05) is 7.11 Å². The van der Waals surface area contributed by atoms with Crippen LogP contribution in [0.4, 0.5) is 13.2 Å². The number of nitrogens with one attached hydrogen (secondary N) is 1. The van der Waals surface area contributed by atoms with Crippen LogP contribution in [0.5, 0.6) is 0 Å². The fraction of sp³-hybridized carbons (Fsp3) is 0.238. The van der Waals surface area contributed by atoms with Crippen LogP contribution >= 0.6 is 11.6 Å². The van der Waals surface area contributed by atoms with Crippen molar-refractivity contribution in [2.24, 2.45) is 0 Å². The smallest absolute Gasteiger partial charge is 0.416 e. The summed E-state index contributed by atoms with van der Waals surface area (Å²) in [6, 6.07) is 11.8. The van der Waals surface area contributed by atoms with Crippen LogP contribution < -0.4 is 10.9 Å². The maximum Gasteiger partial charge on any atom is 0.416 e. The number of pyridine rings is 1. The Hall–Kier alpha value is -2.84. The summed E-state index contributed by atoms with van der Waals surface area (Å²) in [4.78, 5) is 24.7. The third-order valence-corrected chi connectivity index (χ3v) is 4.84. The molecule has 0 fully saturated rings. The van der Waals surface area contributed by atoms with E-state index in [0.717, 1.165) is 6.07 Å². The number of ether oxygens (including phenoxy) is 1. The molecule has 0 aliphatic carbocycles. The first kappa shape index (κ1) is 21.9. The Labute approximate surface area is 175 Å². The van der Waals surface area contributed by atoms with Gasteiger partial charge in [-0.15, -0.1) is 0 Å². The highest BCUT2D eigenvalue weighted by molar-refractivity contribution is 6.31. The number of hydrogen-bond acceptors (Lipinski definition) is 4. The molecule has 1 heterocycles. The first-order valence-electron chi connectivity index (χ1n) is 8.95. The molecule has 158 valence electrons. The van der Waals surface area contributed by atoms with E-state index < -0.39 is 23.3 Å². The minimum absolute atomic E-state index is 0.0186. The van der Waals surface area contributed by atoms with Gasteiger partial charge in [0.25, 0.3) is 5.56 Å². The molecule has 0 saturated carbocycles. The Kier molecular flexibility index (Phi) is 6.48. The predicted octanol–water partition coefficient (Wildman–Crippen LogP) is 4.14. The van der Waals surface area contributed by atoms with Crippen LogP contribution in [0.15, 0.2) is 53.3 Å². The maximum atomic E-state index is 13.1. The van der Waals surface area contributed by atoms with E-state index in [1.807, 2.05) is 0 Å². The molecule has 1 N–H and O–H groups in total. The van der Waals surface area contributed by atoms with Crippen molar-refractivity contribution in [1.82, 2.24) is 9.88 Å².